The second-order valence-corrected chi connectivity index (χ2v) is 5.07. The summed E-state index contributed by atoms with van der Waals surface area (Å²) in [5.74, 6) is -0.684. The molecule has 104 valence electrons. The van der Waals surface area contributed by atoms with Crippen LogP contribution >= 0.6 is 0 Å². The predicted molar refractivity (Wildman–Crippen MR) is 65.1 cm³/mol. The van der Waals surface area contributed by atoms with E-state index in [2.05, 4.69) is 4.90 Å². The average Bonchev–Trinajstić information content (AvgIpc) is 2.41. The minimum Gasteiger partial charge on any atom is -0.464 e. The number of nitrogens with zero attached hydrogens (tertiary/aromatic N) is 1. The number of piperidine rings is 1. The van der Waals surface area contributed by atoms with E-state index >= 15 is 0 Å². The van der Waals surface area contributed by atoms with Crippen LogP contribution in [0.15, 0.2) is 0 Å². The number of halogens is 1. The molecule has 0 aromatic heterocycles. The molecule has 0 unspecified atom stereocenters. The number of ether oxygens (including phenoxy) is 2. The largest absolute Gasteiger partial charge is 0.464 e. The minimum absolute atomic E-state index is 0.244. The lowest BCUT2D eigenvalue weighted by molar-refractivity contribution is -0.161. The van der Waals surface area contributed by atoms with Gasteiger partial charge in [-0.05, 0) is 19.8 Å². The maximum atomic E-state index is 14.4. The van der Waals surface area contributed by atoms with Crippen LogP contribution in [0.4, 0.5) is 4.39 Å². The fourth-order valence-corrected chi connectivity index (χ4v) is 2.76. The number of carbonyl (C=O) groups excluding carboxylic acids is 1. The summed E-state index contributed by atoms with van der Waals surface area (Å²) in [7, 11) is 0. The van der Waals surface area contributed by atoms with E-state index in [0.717, 1.165) is 26.1 Å². The SMILES string of the molecule is CCOC(=O)C1(F)CCN(C2CCOCC2)CC1. The van der Waals surface area contributed by atoms with E-state index in [9.17, 15) is 9.18 Å². The van der Waals surface area contributed by atoms with Crippen LogP contribution in [0.5, 0.6) is 0 Å². The lowest BCUT2D eigenvalue weighted by Crippen LogP contribution is -2.51. The summed E-state index contributed by atoms with van der Waals surface area (Å²) >= 11 is 0. The summed E-state index contributed by atoms with van der Waals surface area (Å²) in [6.45, 7) is 4.81. The summed E-state index contributed by atoms with van der Waals surface area (Å²) in [6.07, 6.45) is 2.53. The number of carbonyl (C=O) groups is 1. The van der Waals surface area contributed by atoms with E-state index in [1.54, 1.807) is 6.92 Å². The van der Waals surface area contributed by atoms with Crippen LogP contribution in [-0.4, -0.2) is 55.5 Å². The van der Waals surface area contributed by atoms with Crippen LogP contribution in [0.25, 0.3) is 0 Å². The minimum atomic E-state index is -1.77. The zero-order valence-electron chi connectivity index (χ0n) is 11.0. The van der Waals surface area contributed by atoms with Crippen LogP contribution in [-0.2, 0) is 14.3 Å². The molecule has 0 spiro atoms. The highest BCUT2D eigenvalue weighted by atomic mass is 19.1. The Morgan fingerprint density at radius 1 is 1.39 bits per heavy atom. The first-order valence-corrected chi connectivity index (χ1v) is 6.83. The van der Waals surface area contributed by atoms with Gasteiger partial charge >= 0.3 is 5.97 Å². The fraction of sp³-hybridized carbons (Fsp3) is 0.923. The van der Waals surface area contributed by atoms with Crippen molar-refractivity contribution in [3.63, 3.8) is 0 Å². The Hall–Kier alpha value is -0.680. The predicted octanol–water partition coefficient (Wildman–Crippen LogP) is 1.53. The van der Waals surface area contributed by atoms with E-state index in [1.807, 2.05) is 0 Å². The number of hydrogen-bond acceptors (Lipinski definition) is 4. The molecule has 0 aromatic rings. The first-order valence-electron chi connectivity index (χ1n) is 6.83. The summed E-state index contributed by atoms with van der Waals surface area (Å²) in [6, 6.07) is 0.491. The first kappa shape index (κ1) is 13.7. The van der Waals surface area contributed by atoms with Crippen molar-refractivity contribution in [2.75, 3.05) is 32.9 Å². The van der Waals surface area contributed by atoms with E-state index < -0.39 is 11.6 Å². The summed E-state index contributed by atoms with van der Waals surface area (Å²) < 4.78 is 24.5. The molecule has 4 nitrogen and oxygen atoms in total. The van der Waals surface area contributed by atoms with Crippen LogP contribution < -0.4 is 0 Å². The number of esters is 1. The number of alkyl halides is 1. The monoisotopic (exact) mass is 259 g/mol. The maximum absolute atomic E-state index is 14.4. The van der Waals surface area contributed by atoms with Crippen molar-refractivity contribution >= 4 is 5.97 Å². The molecule has 2 rings (SSSR count). The van der Waals surface area contributed by atoms with E-state index in [-0.39, 0.29) is 19.4 Å². The van der Waals surface area contributed by atoms with Gasteiger partial charge in [-0.2, -0.15) is 0 Å². The zero-order valence-corrected chi connectivity index (χ0v) is 11.0. The smallest absolute Gasteiger partial charge is 0.343 e. The van der Waals surface area contributed by atoms with Gasteiger partial charge in [-0.3, -0.25) is 4.90 Å². The fourth-order valence-electron chi connectivity index (χ4n) is 2.76. The molecule has 2 fully saturated rings. The Morgan fingerprint density at radius 2 is 2.00 bits per heavy atom. The molecule has 0 aromatic carbocycles. The van der Waals surface area contributed by atoms with Gasteiger partial charge in [0.15, 0.2) is 0 Å². The Labute approximate surface area is 107 Å². The Kier molecular flexibility index (Phi) is 4.56. The zero-order chi connectivity index (χ0) is 13.0. The van der Waals surface area contributed by atoms with E-state index in [0.29, 0.717) is 19.1 Å². The van der Waals surface area contributed by atoms with Gasteiger partial charge in [-0.25, -0.2) is 9.18 Å². The number of rotatable bonds is 3. The van der Waals surface area contributed by atoms with Gasteiger partial charge in [0.25, 0.3) is 0 Å². The standard InChI is InChI=1S/C13H22FNO3/c1-2-18-12(16)13(14)5-7-15(8-6-13)11-3-9-17-10-4-11/h11H,2-10H2,1H3. The molecule has 0 saturated carbocycles. The maximum Gasteiger partial charge on any atom is 0.343 e. The molecule has 0 amide bonds. The van der Waals surface area contributed by atoms with E-state index in [4.69, 9.17) is 9.47 Å². The summed E-state index contributed by atoms with van der Waals surface area (Å²) in [5.41, 5.74) is -1.77. The van der Waals surface area contributed by atoms with Crippen molar-refractivity contribution < 1.29 is 18.7 Å². The van der Waals surface area contributed by atoms with Gasteiger partial charge < -0.3 is 9.47 Å². The lowest BCUT2D eigenvalue weighted by atomic mass is 9.91. The van der Waals surface area contributed by atoms with Crippen LogP contribution in [0.1, 0.15) is 32.6 Å². The molecular weight excluding hydrogens is 237 g/mol. The molecule has 2 heterocycles. The van der Waals surface area contributed by atoms with Gasteiger partial charge in [-0.1, -0.05) is 0 Å². The molecule has 0 atom stereocenters. The van der Waals surface area contributed by atoms with Crippen LogP contribution in [0.3, 0.4) is 0 Å². The second kappa shape index (κ2) is 5.97. The molecule has 18 heavy (non-hydrogen) atoms. The van der Waals surface area contributed by atoms with Crippen molar-refractivity contribution in [3.8, 4) is 0 Å². The number of hydrogen-bond donors (Lipinski definition) is 0. The van der Waals surface area contributed by atoms with Gasteiger partial charge in [0.05, 0.1) is 6.61 Å². The average molecular weight is 259 g/mol. The van der Waals surface area contributed by atoms with Crippen molar-refractivity contribution in [2.24, 2.45) is 0 Å². The third kappa shape index (κ3) is 3.01. The van der Waals surface area contributed by atoms with Crippen molar-refractivity contribution in [3.05, 3.63) is 0 Å². The summed E-state index contributed by atoms with van der Waals surface area (Å²) in [4.78, 5) is 13.9. The molecule has 2 aliphatic heterocycles. The highest BCUT2D eigenvalue weighted by molar-refractivity contribution is 5.79. The molecule has 0 N–H and O–H groups in total. The molecule has 0 aliphatic carbocycles. The third-order valence-corrected chi connectivity index (χ3v) is 3.94. The first-order chi connectivity index (χ1) is 8.65. The summed E-state index contributed by atoms with van der Waals surface area (Å²) in [5, 5.41) is 0. The van der Waals surface area contributed by atoms with Gasteiger partial charge in [-0.15, -0.1) is 0 Å². The van der Waals surface area contributed by atoms with Gasteiger partial charge in [0.1, 0.15) is 0 Å². The van der Waals surface area contributed by atoms with Gasteiger partial charge in [0.2, 0.25) is 5.67 Å². The topological polar surface area (TPSA) is 38.8 Å². The lowest BCUT2D eigenvalue weighted by Gasteiger charge is -2.40. The third-order valence-electron chi connectivity index (χ3n) is 3.94. The molecular formula is C13H22FNO3. The molecule has 2 aliphatic rings. The quantitative estimate of drug-likeness (QED) is 0.721. The van der Waals surface area contributed by atoms with Crippen molar-refractivity contribution in [1.29, 1.82) is 0 Å². The molecule has 0 bridgehead atoms. The van der Waals surface area contributed by atoms with Crippen molar-refractivity contribution in [2.45, 2.75) is 44.3 Å². The Balaban J connectivity index is 1.84. The molecule has 2 saturated heterocycles. The molecule has 0 radical (unpaired) electrons. The Morgan fingerprint density at radius 3 is 2.56 bits per heavy atom. The number of likely N-dealkylation sites (tertiary alicyclic amines) is 1. The van der Waals surface area contributed by atoms with Crippen molar-refractivity contribution in [1.82, 2.24) is 4.90 Å². The normalized spacial score (nSPS) is 25.9. The Bertz CT molecular complexity index is 284. The van der Waals surface area contributed by atoms with E-state index in [1.165, 1.54) is 0 Å². The highest BCUT2D eigenvalue weighted by Crippen LogP contribution is 2.30. The molecule has 5 heteroatoms. The van der Waals surface area contributed by atoms with Gasteiger partial charge in [0, 0.05) is 45.2 Å². The highest BCUT2D eigenvalue weighted by Gasteiger charge is 2.44. The second-order valence-electron chi connectivity index (χ2n) is 5.07. The van der Waals surface area contributed by atoms with Crippen LogP contribution in [0.2, 0.25) is 0 Å². The van der Waals surface area contributed by atoms with Crippen LogP contribution in [0, 0.1) is 0 Å².